The molecular formula is C32H28N2O3S. The van der Waals surface area contributed by atoms with Crippen molar-refractivity contribution >= 4 is 23.1 Å². The Bertz CT molecular complexity index is 1730. The third-order valence-corrected chi connectivity index (χ3v) is 7.93. The Morgan fingerprint density at radius 1 is 1.03 bits per heavy atom. The molecule has 1 aliphatic heterocycles. The second-order valence-corrected chi connectivity index (χ2v) is 10.3. The van der Waals surface area contributed by atoms with Crippen LogP contribution in [0.25, 0.3) is 11.8 Å². The van der Waals surface area contributed by atoms with E-state index in [9.17, 15) is 4.79 Å². The molecule has 1 atom stereocenters. The molecule has 0 saturated carbocycles. The number of rotatable bonds is 7. The SMILES string of the molecule is C=CCOc1ccccc1C=c1sc2n(c1=O)C(c1ccc(OCC)cc1)C1=C(N=2)c2ccccc2CC1. The van der Waals surface area contributed by atoms with Crippen molar-refractivity contribution in [2.75, 3.05) is 13.2 Å². The van der Waals surface area contributed by atoms with Gasteiger partial charge < -0.3 is 9.47 Å². The molecule has 2 aliphatic rings. The first kappa shape index (κ1) is 24.2. The number of thiazole rings is 1. The number of para-hydroxylation sites is 1. The minimum atomic E-state index is -0.223. The molecule has 1 unspecified atom stereocenters. The second kappa shape index (κ2) is 10.3. The zero-order chi connectivity index (χ0) is 26.1. The van der Waals surface area contributed by atoms with Crippen LogP contribution >= 0.6 is 11.3 Å². The molecule has 190 valence electrons. The lowest BCUT2D eigenvalue weighted by atomic mass is 9.83. The van der Waals surface area contributed by atoms with Gasteiger partial charge in [0.2, 0.25) is 0 Å². The van der Waals surface area contributed by atoms with E-state index in [0.29, 0.717) is 22.5 Å². The quantitative estimate of drug-likeness (QED) is 0.312. The molecule has 5 nitrogen and oxygen atoms in total. The summed E-state index contributed by atoms with van der Waals surface area (Å²) in [5.74, 6) is 1.54. The van der Waals surface area contributed by atoms with Crippen molar-refractivity contribution in [3.63, 3.8) is 0 Å². The number of benzene rings is 3. The fraction of sp³-hybridized carbons (Fsp3) is 0.188. The van der Waals surface area contributed by atoms with Gasteiger partial charge >= 0.3 is 0 Å². The van der Waals surface area contributed by atoms with Crippen molar-refractivity contribution in [3.8, 4) is 11.5 Å². The highest BCUT2D eigenvalue weighted by atomic mass is 32.1. The number of aryl methyl sites for hydroxylation is 1. The maximum absolute atomic E-state index is 14.0. The van der Waals surface area contributed by atoms with Gasteiger partial charge in [-0.1, -0.05) is 78.6 Å². The summed E-state index contributed by atoms with van der Waals surface area (Å²) in [6.07, 6.45) is 5.41. The lowest BCUT2D eigenvalue weighted by Crippen LogP contribution is -2.38. The van der Waals surface area contributed by atoms with Crippen molar-refractivity contribution in [1.29, 1.82) is 0 Å². The summed E-state index contributed by atoms with van der Waals surface area (Å²) in [6.45, 7) is 6.72. The fourth-order valence-corrected chi connectivity index (χ4v) is 6.25. The maximum Gasteiger partial charge on any atom is 0.271 e. The molecule has 0 radical (unpaired) electrons. The van der Waals surface area contributed by atoms with Crippen molar-refractivity contribution < 1.29 is 9.47 Å². The van der Waals surface area contributed by atoms with Crippen LogP contribution in [0.4, 0.5) is 0 Å². The van der Waals surface area contributed by atoms with E-state index in [1.54, 1.807) is 6.08 Å². The molecule has 4 aromatic rings. The normalized spacial score (nSPS) is 16.2. The smallest absolute Gasteiger partial charge is 0.271 e. The van der Waals surface area contributed by atoms with Crippen LogP contribution < -0.4 is 24.4 Å². The van der Waals surface area contributed by atoms with Crippen LogP contribution in [0.15, 0.2) is 101 Å². The highest BCUT2D eigenvalue weighted by Gasteiger charge is 2.32. The van der Waals surface area contributed by atoms with Gasteiger partial charge in [-0.3, -0.25) is 9.36 Å². The summed E-state index contributed by atoms with van der Waals surface area (Å²) in [4.78, 5) is 19.8. The predicted octanol–water partition coefficient (Wildman–Crippen LogP) is 5.28. The predicted molar refractivity (Wildman–Crippen MR) is 152 cm³/mol. The van der Waals surface area contributed by atoms with Gasteiger partial charge in [0.15, 0.2) is 4.80 Å². The molecule has 0 N–H and O–H groups in total. The standard InChI is InChI=1S/C32H28N2O3S/c1-3-19-37-27-12-8-6-10-23(27)20-28-31(35)34-30(22-13-16-24(17-14-22)36-4-2)26-18-15-21-9-5-7-11-25(21)29(26)33-32(34)38-28/h3,5-14,16-17,20,30H,1,4,15,18-19H2,2H3. The third-order valence-electron chi connectivity index (χ3n) is 6.94. The van der Waals surface area contributed by atoms with Crippen molar-refractivity contribution in [1.82, 2.24) is 4.57 Å². The summed E-state index contributed by atoms with van der Waals surface area (Å²) >= 11 is 1.42. The Balaban J connectivity index is 1.56. The Morgan fingerprint density at radius 3 is 2.63 bits per heavy atom. The molecule has 3 aromatic carbocycles. The van der Waals surface area contributed by atoms with Crippen molar-refractivity contribution in [2.45, 2.75) is 25.8 Å². The van der Waals surface area contributed by atoms with Gasteiger partial charge in [-0.2, -0.15) is 0 Å². The lowest BCUT2D eigenvalue weighted by Gasteiger charge is -2.30. The lowest BCUT2D eigenvalue weighted by molar-refractivity contribution is 0.340. The first-order chi connectivity index (χ1) is 18.7. The summed E-state index contributed by atoms with van der Waals surface area (Å²) in [5, 5.41) is 0. The summed E-state index contributed by atoms with van der Waals surface area (Å²) in [7, 11) is 0. The number of allylic oxidation sites excluding steroid dienone is 1. The molecule has 0 bridgehead atoms. The van der Waals surface area contributed by atoms with Crippen LogP contribution in [-0.4, -0.2) is 17.8 Å². The highest BCUT2D eigenvalue weighted by Crippen LogP contribution is 2.41. The summed E-state index contributed by atoms with van der Waals surface area (Å²) < 4.78 is 14.0. The number of hydrogen-bond acceptors (Lipinski definition) is 5. The first-order valence-electron chi connectivity index (χ1n) is 12.9. The fourth-order valence-electron chi connectivity index (χ4n) is 5.26. The largest absolute Gasteiger partial charge is 0.494 e. The average Bonchev–Trinajstić information content (AvgIpc) is 3.26. The number of aromatic nitrogens is 1. The topological polar surface area (TPSA) is 52.8 Å². The molecule has 0 spiro atoms. The third kappa shape index (κ3) is 4.31. The van der Waals surface area contributed by atoms with E-state index in [1.807, 2.05) is 54.0 Å². The van der Waals surface area contributed by atoms with Gasteiger partial charge in [0.25, 0.3) is 5.56 Å². The molecule has 2 heterocycles. The molecule has 1 aliphatic carbocycles. The molecule has 0 fully saturated rings. The zero-order valence-corrected chi connectivity index (χ0v) is 22.0. The average molecular weight is 521 g/mol. The maximum atomic E-state index is 14.0. The number of hydrogen-bond donors (Lipinski definition) is 0. The van der Waals surface area contributed by atoms with Crippen molar-refractivity contribution in [2.24, 2.45) is 4.99 Å². The van der Waals surface area contributed by atoms with E-state index in [2.05, 4.69) is 43.0 Å². The monoisotopic (exact) mass is 520 g/mol. The zero-order valence-electron chi connectivity index (χ0n) is 21.2. The van der Waals surface area contributed by atoms with E-state index >= 15 is 0 Å². The minimum absolute atomic E-state index is 0.0448. The van der Waals surface area contributed by atoms with Crippen molar-refractivity contribution in [3.05, 3.63) is 133 Å². The van der Waals surface area contributed by atoms with Crippen LogP contribution in [0.2, 0.25) is 0 Å². The van der Waals surface area contributed by atoms with Crippen LogP contribution in [0, 0.1) is 0 Å². The Morgan fingerprint density at radius 2 is 1.82 bits per heavy atom. The molecule has 0 saturated heterocycles. The Labute approximate surface area is 225 Å². The molecule has 0 amide bonds. The van der Waals surface area contributed by atoms with E-state index < -0.39 is 0 Å². The molecular weight excluding hydrogens is 492 g/mol. The van der Waals surface area contributed by atoms with Crippen LogP contribution in [-0.2, 0) is 6.42 Å². The van der Waals surface area contributed by atoms with Gasteiger partial charge in [-0.15, -0.1) is 0 Å². The van der Waals surface area contributed by atoms with E-state index in [4.69, 9.17) is 14.5 Å². The van der Waals surface area contributed by atoms with Gasteiger partial charge in [0, 0.05) is 11.1 Å². The minimum Gasteiger partial charge on any atom is -0.494 e. The van der Waals surface area contributed by atoms with Gasteiger partial charge in [0.05, 0.1) is 22.9 Å². The number of nitrogens with zero attached hydrogens (tertiary/aromatic N) is 2. The van der Waals surface area contributed by atoms with Gasteiger partial charge in [-0.05, 0) is 60.7 Å². The molecule has 38 heavy (non-hydrogen) atoms. The summed E-state index contributed by atoms with van der Waals surface area (Å²) in [6, 6.07) is 24.1. The molecule has 1 aromatic heterocycles. The first-order valence-corrected chi connectivity index (χ1v) is 13.7. The van der Waals surface area contributed by atoms with E-state index in [1.165, 1.54) is 22.5 Å². The van der Waals surface area contributed by atoms with Crippen LogP contribution in [0.3, 0.4) is 0 Å². The summed E-state index contributed by atoms with van der Waals surface area (Å²) in [5.41, 5.74) is 6.49. The molecule has 6 rings (SSSR count). The number of ether oxygens (including phenoxy) is 2. The number of fused-ring (bicyclic) bond motifs is 3. The second-order valence-electron chi connectivity index (χ2n) is 9.25. The highest BCUT2D eigenvalue weighted by molar-refractivity contribution is 7.07. The molecule has 6 heteroatoms. The van der Waals surface area contributed by atoms with Crippen LogP contribution in [0.5, 0.6) is 11.5 Å². The van der Waals surface area contributed by atoms with E-state index in [-0.39, 0.29) is 11.6 Å². The van der Waals surface area contributed by atoms with Gasteiger partial charge in [0.1, 0.15) is 18.1 Å². The Kier molecular flexibility index (Phi) is 6.56. The van der Waals surface area contributed by atoms with Gasteiger partial charge in [-0.25, -0.2) is 4.99 Å². The Hall–Kier alpha value is -4.16. The van der Waals surface area contributed by atoms with Crippen LogP contribution in [0.1, 0.15) is 41.6 Å². The van der Waals surface area contributed by atoms with E-state index in [0.717, 1.165) is 46.7 Å².